The number of rotatable bonds is 8. The van der Waals surface area contributed by atoms with Gasteiger partial charge in [-0.1, -0.05) is 45.2 Å². The van der Waals surface area contributed by atoms with Crippen molar-refractivity contribution in [2.24, 2.45) is 11.3 Å². The molecule has 1 aromatic rings. The summed E-state index contributed by atoms with van der Waals surface area (Å²) in [4.78, 5) is 42.0. The quantitative estimate of drug-likeness (QED) is 0.306. The van der Waals surface area contributed by atoms with Gasteiger partial charge >= 0.3 is 6.03 Å². The molecule has 0 spiro atoms. The smallest absolute Gasteiger partial charge is 0.319 e. The number of benzene rings is 1. The lowest BCUT2D eigenvalue weighted by Crippen LogP contribution is -2.57. The number of urea groups is 1. The van der Waals surface area contributed by atoms with Crippen molar-refractivity contribution in [3.05, 3.63) is 23.2 Å². The van der Waals surface area contributed by atoms with Crippen LogP contribution < -0.4 is 21.0 Å². The van der Waals surface area contributed by atoms with Crippen LogP contribution in [-0.4, -0.2) is 73.4 Å². The molecular formula is C25H38ClN5O5. The molecule has 2 aliphatic rings. The van der Waals surface area contributed by atoms with Gasteiger partial charge in [-0.25, -0.2) is 10.3 Å². The molecule has 1 aliphatic carbocycles. The van der Waals surface area contributed by atoms with E-state index in [1.54, 1.807) is 17.6 Å². The fraction of sp³-hybridized carbons (Fsp3) is 0.640. The predicted octanol–water partition coefficient (Wildman–Crippen LogP) is 3.24. The third-order valence-corrected chi connectivity index (χ3v) is 6.97. The van der Waals surface area contributed by atoms with E-state index < -0.39 is 23.4 Å². The van der Waals surface area contributed by atoms with Crippen LogP contribution in [0.2, 0.25) is 5.02 Å². The highest BCUT2D eigenvalue weighted by Crippen LogP contribution is 2.30. The second kappa shape index (κ2) is 12.6. The second-order valence-corrected chi connectivity index (χ2v) is 11.0. The van der Waals surface area contributed by atoms with Crippen molar-refractivity contribution in [2.75, 3.05) is 49.6 Å². The van der Waals surface area contributed by atoms with Gasteiger partial charge in [-0.05, 0) is 42.4 Å². The maximum atomic E-state index is 13.6. The van der Waals surface area contributed by atoms with Crippen molar-refractivity contribution in [3.63, 3.8) is 0 Å². The number of nitrogens with zero attached hydrogens (tertiary/aromatic N) is 2. The molecule has 1 unspecified atom stereocenters. The highest BCUT2D eigenvalue weighted by Gasteiger charge is 2.37. The van der Waals surface area contributed by atoms with E-state index in [1.165, 1.54) is 4.90 Å². The van der Waals surface area contributed by atoms with Crippen LogP contribution in [0, 0.1) is 11.3 Å². The minimum absolute atomic E-state index is 0.277. The summed E-state index contributed by atoms with van der Waals surface area (Å²) in [6.45, 7) is 8.44. The molecule has 0 bridgehead atoms. The molecule has 1 saturated heterocycles. The first-order valence-corrected chi connectivity index (χ1v) is 12.9. The third-order valence-electron chi connectivity index (χ3n) is 6.67. The minimum Gasteiger partial charge on any atom is -0.378 e. The monoisotopic (exact) mass is 523 g/mol. The van der Waals surface area contributed by atoms with Gasteiger partial charge in [0, 0.05) is 25.3 Å². The fourth-order valence-corrected chi connectivity index (χ4v) is 5.02. The highest BCUT2D eigenvalue weighted by atomic mass is 35.5. The molecule has 2 fully saturated rings. The standard InChI is InChI=1S/C25H38ClN5O5/c1-25(2,3)22(23(33)31(16-21(32)29-35)15-17-6-4-5-7-17)28-24(34)27-18-8-9-20(19(26)14-18)30-10-12-36-13-11-30/h8-9,14,17,22,35H,4-7,10-13,15-16H2,1-3H3,(H,29,32)(H2,27,28,34). The first-order valence-electron chi connectivity index (χ1n) is 12.5. The number of anilines is 2. The summed E-state index contributed by atoms with van der Waals surface area (Å²) in [5, 5.41) is 15.1. The molecule has 4 amide bonds. The summed E-state index contributed by atoms with van der Waals surface area (Å²) in [6, 6.07) is 3.85. The Morgan fingerprint density at radius 1 is 1.19 bits per heavy atom. The summed E-state index contributed by atoms with van der Waals surface area (Å²) in [5.74, 6) is -0.746. The molecule has 1 aliphatic heterocycles. The second-order valence-electron chi connectivity index (χ2n) is 10.6. The van der Waals surface area contributed by atoms with Crippen molar-refractivity contribution in [2.45, 2.75) is 52.5 Å². The van der Waals surface area contributed by atoms with E-state index >= 15 is 0 Å². The summed E-state index contributed by atoms with van der Waals surface area (Å²) in [5.41, 5.74) is 2.35. The summed E-state index contributed by atoms with van der Waals surface area (Å²) < 4.78 is 5.39. The molecule has 200 valence electrons. The van der Waals surface area contributed by atoms with Crippen LogP contribution >= 0.6 is 11.6 Å². The molecule has 36 heavy (non-hydrogen) atoms. The fourth-order valence-electron chi connectivity index (χ4n) is 4.72. The van der Waals surface area contributed by atoms with Gasteiger partial charge in [-0.2, -0.15) is 0 Å². The number of hydroxylamine groups is 1. The Kier molecular flexibility index (Phi) is 9.81. The zero-order chi connectivity index (χ0) is 26.3. The lowest BCUT2D eigenvalue weighted by Gasteiger charge is -2.35. The van der Waals surface area contributed by atoms with E-state index in [2.05, 4.69) is 15.5 Å². The van der Waals surface area contributed by atoms with Crippen molar-refractivity contribution in [1.82, 2.24) is 15.7 Å². The largest absolute Gasteiger partial charge is 0.378 e. The van der Waals surface area contributed by atoms with Crippen molar-refractivity contribution in [1.29, 1.82) is 0 Å². The van der Waals surface area contributed by atoms with Crippen molar-refractivity contribution < 1.29 is 24.3 Å². The van der Waals surface area contributed by atoms with Crippen LogP contribution in [0.25, 0.3) is 0 Å². The molecule has 0 radical (unpaired) electrons. The van der Waals surface area contributed by atoms with Gasteiger partial charge in [0.25, 0.3) is 5.91 Å². The molecular weight excluding hydrogens is 486 g/mol. The van der Waals surface area contributed by atoms with Gasteiger partial charge in [0.15, 0.2) is 0 Å². The normalized spacial score (nSPS) is 17.4. The average molecular weight is 524 g/mol. The van der Waals surface area contributed by atoms with Crippen LogP contribution in [0.15, 0.2) is 18.2 Å². The maximum absolute atomic E-state index is 13.6. The summed E-state index contributed by atoms with van der Waals surface area (Å²) in [6.07, 6.45) is 4.16. The zero-order valence-corrected chi connectivity index (χ0v) is 22.1. The van der Waals surface area contributed by atoms with E-state index in [0.717, 1.165) is 44.5 Å². The van der Waals surface area contributed by atoms with Gasteiger partial charge in [0.2, 0.25) is 5.91 Å². The van der Waals surface area contributed by atoms with Crippen LogP contribution in [0.3, 0.4) is 0 Å². The number of halogens is 1. The number of ether oxygens (including phenoxy) is 1. The SMILES string of the molecule is CC(C)(C)C(NC(=O)Nc1ccc(N2CCOCC2)c(Cl)c1)C(=O)N(CC(=O)NO)CC1CCCC1. The third kappa shape index (κ3) is 7.72. The molecule has 4 N–H and O–H groups in total. The van der Waals surface area contributed by atoms with Crippen LogP contribution in [0.5, 0.6) is 0 Å². The van der Waals surface area contributed by atoms with E-state index in [9.17, 15) is 14.4 Å². The highest BCUT2D eigenvalue weighted by molar-refractivity contribution is 6.33. The van der Waals surface area contributed by atoms with Crippen molar-refractivity contribution >= 4 is 40.8 Å². The minimum atomic E-state index is -0.895. The van der Waals surface area contributed by atoms with Gasteiger partial charge in [0.1, 0.15) is 12.6 Å². The number of carbonyl (C=O) groups excluding carboxylic acids is 3. The lowest BCUT2D eigenvalue weighted by molar-refractivity contribution is -0.142. The Hall–Kier alpha value is -2.56. The zero-order valence-electron chi connectivity index (χ0n) is 21.3. The number of hydrogen-bond acceptors (Lipinski definition) is 6. The Morgan fingerprint density at radius 2 is 1.86 bits per heavy atom. The van der Waals surface area contributed by atoms with E-state index in [4.69, 9.17) is 21.5 Å². The molecule has 1 saturated carbocycles. The molecule has 10 nitrogen and oxygen atoms in total. The van der Waals surface area contributed by atoms with Crippen LogP contribution in [0.1, 0.15) is 46.5 Å². The topological polar surface area (TPSA) is 123 Å². The number of amides is 4. The molecule has 11 heteroatoms. The predicted molar refractivity (Wildman–Crippen MR) is 138 cm³/mol. The Balaban J connectivity index is 1.70. The number of carbonyl (C=O) groups is 3. The van der Waals surface area contributed by atoms with E-state index in [1.807, 2.05) is 26.8 Å². The van der Waals surface area contributed by atoms with Gasteiger partial charge in [-0.3, -0.25) is 14.8 Å². The van der Waals surface area contributed by atoms with Gasteiger partial charge < -0.3 is 25.2 Å². The van der Waals surface area contributed by atoms with Crippen molar-refractivity contribution in [3.8, 4) is 0 Å². The molecule has 1 heterocycles. The Labute approximate surface area is 217 Å². The van der Waals surface area contributed by atoms with Gasteiger partial charge in [0.05, 0.1) is 23.9 Å². The maximum Gasteiger partial charge on any atom is 0.319 e. The molecule has 0 aromatic heterocycles. The first-order chi connectivity index (χ1) is 17.1. The van der Waals surface area contributed by atoms with Gasteiger partial charge in [-0.15, -0.1) is 0 Å². The average Bonchev–Trinajstić information content (AvgIpc) is 3.35. The summed E-state index contributed by atoms with van der Waals surface area (Å²) >= 11 is 6.49. The number of morpholine rings is 1. The summed E-state index contributed by atoms with van der Waals surface area (Å²) in [7, 11) is 0. The number of nitrogens with one attached hydrogen (secondary N) is 3. The van der Waals surface area contributed by atoms with Crippen LogP contribution in [-0.2, 0) is 14.3 Å². The Bertz CT molecular complexity index is 926. The first kappa shape index (κ1) is 28.0. The van der Waals surface area contributed by atoms with E-state index in [-0.39, 0.29) is 12.5 Å². The molecule has 3 rings (SSSR count). The molecule has 1 aromatic carbocycles. The lowest BCUT2D eigenvalue weighted by atomic mass is 9.85. The number of hydrogen-bond donors (Lipinski definition) is 4. The van der Waals surface area contributed by atoms with E-state index in [0.29, 0.717) is 36.4 Å². The Morgan fingerprint density at radius 3 is 2.44 bits per heavy atom. The molecule has 1 atom stereocenters. The van der Waals surface area contributed by atoms with Crippen LogP contribution in [0.4, 0.5) is 16.2 Å².